The number of hydrogen-bond donors (Lipinski definition) is 0. The molecule has 1 unspecified atom stereocenters. The second-order valence-corrected chi connectivity index (χ2v) is 4.14. The predicted octanol–water partition coefficient (Wildman–Crippen LogP) is 3.02. The third-order valence-electron chi connectivity index (χ3n) is 2.46. The van der Waals surface area contributed by atoms with Crippen LogP contribution in [0.15, 0.2) is 24.3 Å². The highest BCUT2D eigenvalue weighted by Gasteiger charge is 2.18. The SMILES string of the molecule is O=C(OC1CCCCO1)c1ccc(Cl)cc1. The first-order valence-electron chi connectivity index (χ1n) is 5.34. The zero-order chi connectivity index (χ0) is 11.4. The summed E-state index contributed by atoms with van der Waals surface area (Å²) in [5.74, 6) is -0.358. The normalized spacial score (nSPS) is 20.4. The number of ether oxygens (including phenoxy) is 2. The molecule has 1 heterocycles. The zero-order valence-electron chi connectivity index (χ0n) is 8.82. The van der Waals surface area contributed by atoms with Crippen molar-refractivity contribution in [2.75, 3.05) is 6.61 Å². The molecule has 1 aliphatic heterocycles. The Hall–Kier alpha value is -1.06. The van der Waals surface area contributed by atoms with Crippen LogP contribution in [0, 0.1) is 0 Å². The van der Waals surface area contributed by atoms with E-state index in [0.29, 0.717) is 17.2 Å². The number of carbonyl (C=O) groups is 1. The van der Waals surface area contributed by atoms with E-state index in [9.17, 15) is 4.79 Å². The number of hydrogen-bond acceptors (Lipinski definition) is 3. The third kappa shape index (κ3) is 2.97. The topological polar surface area (TPSA) is 35.5 Å². The molecule has 1 atom stereocenters. The maximum Gasteiger partial charge on any atom is 0.340 e. The Bertz CT molecular complexity index is 355. The Morgan fingerprint density at radius 2 is 2.06 bits per heavy atom. The highest BCUT2D eigenvalue weighted by atomic mass is 35.5. The van der Waals surface area contributed by atoms with Crippen LogP contribution in [0.2, 0.25) is 5.02 Å². The Labute approximate surface area is 99.3 Å². The fourth-order valence-corrected chi connectivity index (χ4v) is 1.70. The van der Waals surface area contributed by atoms with Gasteiger partial charge in [-0.15, -0.1) is 0 Å². The predicted molar refractivity (Wildman–Crippen MR) is 60.5 cm³/mol. The van der Waals surface area contributed by atoms with Gasteiger partial charge in [0.15, 0.2) is 0 Å². The standard InChI is InChI=1S/C12H13ClO3/c13-10-6-4-9(5-7-10)12(14)16-11-3-1-2-8-15-11/h4-7,11H,1-3,8H2. The molecule has 1 aromatic rings. The van der Waals surface area contributed by atoms with Crippen molar-refractivity contribution in [3.63, 3.8) is 0 Å². The van der Waals surface area contributed by atoms with E-state index in [1.807, 2.05) is 0 Å². The molecule has 1 aromatic carbocycles. The van der Waals surface area contributed by atoms with Crippen molar-refractivity contribution in [1.82, 2.24) is 0 Å². The summed E-state index contributed by atoms with van der Waals surface area (Å²) in [6.07, 6.45) is 2.46. The third-order valence-corrected chi connectivity index (χ3v) is 2.71. The van der Waals surface area contributed by atoms with E-state index >= 15 is 0 Å². The van der Waals surface area contributed by atoms with Crippen molar-refractivity contribution in [3.8, 4) is 0 Å². The lowest BCUT2D eigenvalue weighted by Gasteiger charge is -2.22. The van der Waals surface area contributed by atoms with E-state index in [-0.39, 0.29) is 5.97 Å². The molecule has 4 heteroatoms. The van der Waals surface area contributed by atoms with Crippen molar-refractivity contribution in [3.05, 3.63) is 34.9 Å². The van der Waals surface area contributed by atoms with Gasteiger partial charge >= 0.3 is 5.97 Å². The first-order chi connectivity index (χ1) is 7.75. The molecule has 2 rings (SSSR count). The van der Waals surface area contributed by atoms with E-state index in [0.717, 1.165) is 19.3 Å². The lowest BCUT2D eigenvalue weighted by Crippen LogP contribution is -2.25. The minimum absolute atomic E-state index is 0.358. The van der Waals surface area contributed by atoms with Gasteiger partial charge in [-0.2, -0.15) is 0 Å². The van der Waals surface area contributed by atoms with Gasteiger partial charge in [0.25, 0.3) is 0 Å². The Balaban J connectivity index is 1.94. The largest absolute Gasteiger partial charge is 0.432 e. The van der Waals surface area contributed by atoms with Gasteiger partial charge < -0.3 is 9.47 Å². The molecule has 1 saturated heterocycles. The van der Waals surface area contributed by atoms with Crippen molar-refractivity contribution in [2.45, 2.75) is 25.6 Å². The quantitative estimate of drug-likeness (QED) is 0.746. The van der Waals surface area contributed by atoms with Crippen LogP contribution in [-0.2, 0) is 9.47 Å². The van der Waals surface area contributed by atoms with Crippen LogP contribution in [-0.4, -0.2) is 18.9 Å². The summed E-state index contributed by atoms with van der Waals surface area (Å²) < 4.78 is 10.5. The van der Waals surface area contributed by atoms with Crippen LogP contribution in [0.4, 0.5) is 0 Å². The molecule has 0 bridgehead atoms. The minimum Gasteiger partial charge on any atom is -0.432 e. The summed E-state index contributed by atoms with van der Waals surface area (Å²) in [4.78, 5) is 11.7. The number of carbonyl (C=O) groups excluding carboxylic acids is 1. The number of benzene rings is 1. The first-order valence-corrected chi connectivity index (χ1v) is 5.71. The molecule has 16 heavy (non-hydrogen) atoms. The first kappa shape index (κ1) is 11.4. The van der Waals surface area contributed by atoms with Crippen molar-refractivity contribution >= 4 is 17.6 Å². The Morgan fingerprint density at radius 1 is 1.31 bits per heavy atom. The molecule has 1 fully saturated rings. The van der Waals surface area contributed by atoms with Crippen LogP contribution in [0.1, 0.15) is 29.6 Å². The summed E-state index contributed by atoms with van der Waals surface area (Å²) in [5.41, 5.74) is 0.499. The summed E-state index contributed by atoms with van der Waals surface area (Å²) in [5, 5.41) is 0.602. The molecular weight excluding hydrogens is 228 g/mol. The van der Waals surface area contributed by atoms with Crippen LogP contribution in [0.5, 0.6) is 0 Å². The Morgan fingerprint density at radius 3 is 2.69 bits per heavy atom. The molecule has 0 aliphatic carbocycles. The average molecular weight is 241 g/mol. The lowest BCUT2D eigenvalue weighted by atomic mass is 10.2. The van der Waals surface area contributed by atoms with E-state index in [2.05, 4.69) is 0 Å². The molecule has 86 valence electrons. The summed E-state index contributed by atoms with van der Waals surface area (Å²) >= 11 is 5.73. The van der Waals surface area contributed by atoms with Crippen LogP contribution < -0.4 is 0 Å². The molecule has 0 aromatic heterocycles. The number of rotatable bonds is 2. The van der Waals surface area contributed by atoms with Crippen molar-refractivity contribution < 1.29 is 14.3 Å². The van der Waals surface area contributed by atoms with Crippen molar-refractivity contribution in [1.29, 1.82) is 0 Å². The van der Waals surface area contributed by atoms with Gasteiger partial charge in [0, 0.05) is 11.4 Å². The van der Waals surface area contributed by atoms with E-state index < -0.39 is 6.29 Å². The van der Waals surface area contributed by atoms with Gasteiger partial charge in [-0.25, -0.2) is 4.79 Å². The monoisotopic (exact) mass is 240 g/mol. The van der Waals surface area contributed by atoms with Gasteiger partial charge in [-0.1, -0.05) is 11.6 Å². The van der Waals surface area contributed by atoms with Gasteiger partial charge in [-0.05, 0) is 37.1 Å². The fraction of sp³-hybridized carbons (Fsp3) is 0.417. The number of esters is 1. The fourth-order valence-electron chi connectivity index (χ4n) is 1.58. The summed E-state index contributed by atoms with van der Waals surface area (Å²) in [6.45, 7) is 0.665. The van der Waals surface area contributed by atoms with Gasteiger partial charge in [0.1, 0.15) is 0 Å². The smallest absolute Gasteiger partial charge is 0.340 e. The zero-order valence-corrected chi connectivity index (χ0v) is 9.57. The molecular formula is C12H13ClO3. The Kier molecular flexibility index (Phi) is 3.80. The van der Waals surface area contributed by atoms with Gasteiger partial charge in [0.2, 0.25) is 6.29 Å². The molecule has 0 radical (unpaired) electrons. The highest BCUT2D eigenvalue weighted by molar-refractivity contribution is 6.30. The van der Waals surface area contributed by atoms with Gasteiger partial charge in [-0.3, -0.25) is 0 Å². The lowest BCUT2D eigenvalue weighted by molar-refractivity contribution is -0.130. The summed E-state index contributed by atoms with van der Waals surface area (Å²) in [7, 11) is 0. The van der Waals surface area contributed by atoms with Crippen LogP contribution in [0.3, 0.4) is 0 Å². The van der Waals surface area contributed by atoms with E-state index in [4.69, 9.17) is 21.1 Å². The average Bonchev–Trinajstić information content (AvgIpc) is 2.31. The number of halogens is 1. The summed E-state index contributed by atoms with van der Waals surface area (Å²) in [6, 6.07) is 6.63. The van der Waals surface area contributed by atoms with E-state index in [1.165, 1.54) is 0 Å². The van der Waals surface area contributed by atoms with E-state index in [1.54, 1.807) is 24.3 Å². The molecule has 0 spiro atoms. The molecule has 0 saturated carbocycles. The molecule has 0 N–H and O–H groups in total. The van der Waals surface area contributed by atoms with Crippen LogP contribution >= 0.6 is 11.6 Å². The highest BCUT2D eigenvalue weighted by Crippen LogP contribution is 2.16. The molecule has 1 aliphatic rings. The van der Waals surface area contributed by atoms with Crippen LogP contribution in [0.25, 0.3) is 0 Å². The second-order valence-electron chi connectivity index (χ2n) is 3.71. The maximum absolute atomic E-state index is 11.7. The van der Waals surface area contributed by atoms with Crippen molar-refractivity contribution in [2.24, 2.45) is 0 Å². The van der Waals surface area contributed by atoms with Gasteiger partial charge in [0.05, 0.1) is 12.2 Å². The maximum atomic E-state index is 11.7. The minimum atomic E-state index is -0.392. The molecule has 0 amide bonds. The molecule has 3 nitrogen and oxygen atoms in total. The second kappa shape index (κ2) is 5.32.